The number of anilines is 1. The molecule has 1 fully saturated rings. The van der Waals surface area contributed by atoms with Crippen LogP contribution >= 0.6 is 0 Å². The SMILES string of the molecule is CC(=O)/C(=C/c1ccccc1)[C@@H]1C(=O)/C(=C/c2ccccc2)[C@]2(C(=O)N(c3ccccc3)N=C2C)[C@H]1c1ccccc1. The second-order valence-electron chi connectivity index (χ2n) is 10.7. The van der Waals surface area contributed by atoms with E-state index in [1.165, 1.54) is 11.9 Å². The number of carbonyl (C=O) groups is 3. The van der Waals surface area contributed by atoms with Crippen molar-refractivity contribution in [1.82, 2.24) is 0 Å². The number of amides is 1. The largest absolute Gasteiger partial charge is 0.295 e. The minimum atomic E-state index is -1.42. The van der Waals surface area contributed by atoms with Crippen molar-refractivity contribution < 1.29 is 14.4 Å². The van der Waals surface area contributed by atoms with Crippen LogP contribution in [-0.2, 0) is 14.4 Å². The number of hydrazone groups is 1. The molecule has 1 spiro atoms. The number of nitrogens with zero attached hydrogens (tertiary/aromatic N) is 2. The molecule has 1 saturated carbocycles. The van der Waals surface area contributed by atoms with Crippen LogP contribution in [0.15, 0.2) is 138 Å². The molecule has 4 aromatic carbocycles. The summed E-state index contributed by atoms with van der Waals surface area (Å²) in [6, 6.07) is 37.8. The minimum absolute atomic E-state index is 0.214. The van der Waals surface area contributed by atoms with Gasteiger partial charge in [0.25, 0.3) is 5.91 Å². The highest BCUT2D eigenvalue weighted by atomic mass is 16.2. The van der Waals surface area contributed by atoms with Crippen molar-refractivity contribution in [1.29, 1.82) is 0 Å². The van der Waals surface area contributed by atoms with Gasteiger partial charge in [0, 0.05) is 17.1 Å². The van der Waals surface area contributed by atoms with Crippen LogP contribution in [0.5, 0.6) is 0 Å². The van der Waals surface area contributed by atoms with Gasteiger partial charge in [-0.3, -0.25) is 14.4 Å². The highest BCUT2D eigenvalue weighted by molar-refractivity contribution is 6.31. The van der Waals surface area contributed by atoms with Gasteiger partial charge in [0.05, 0.1) is 17.3 Å². The molecular formula is C37H30N2O3. The van der Waals surface area contributed by atoms with Gasteiger partial charge in [-0.2, -0.15) is 10.1 Å². The summed E-state index contributed by atoms with van der Waals surface area (Å²) < 4.78 is 0. The molecule has 4 aromatic rings. The lowest BCUT2D eigenvalue weighted by Gasteiger charge is -2.33. The second kappa shape index (κ2) is 11.0. The van der Waals surface area contributed by atoms with Gasteiger partial charge in [0.15, 0.2) is 11.6 Å². The molecule has 0 N–H and O–H groups in total. The van der Waals surface area contributed by atoms with E-state index in [0.717, 1.165) is 16.7 Å². The average Bonchev–Trinajstić information content (AvgIpc) is 3.43. The van der Waals surface area contributed by atoms with Crippen molar-refractivity contribution in [2.24, 2.45) is 16.4 Å². The summed E-state index contributed by atoms with van der Waals surface area (Å²) in [5, 5.41) is 6.21. The first-order valence-electron chi connectivity index (χ1n) is 14.0. The lowest BCUT2D eigenvalue weighted by atomic mass is 9.65. The monoisotopic (exact) mass is 550 g/mol. The number of hydrogen-bond acceptors (Lipinski definition) is 4. The summed E-state index contributed by atoms with van der Waals surface area (Å²) in [6.45, 7) is 3.31. The maximum atomic E-state index is 14.9. The van der Waals surface area contributed by atoms with E-state index >= 15 is 0 Å². The number of hydrogen-bond donors (Lipinski definition) is 0. The predicted molar refractivity (Wildman–Crippen MR) is 167 cm³/mol. The van der Waals surface area contributed by atoms with E-state index in [0.29, 0.717) is 22.5 Å². The Bertz CT molecular complexity index is 1740. The molecule has 42 heavy (non-hydrogen) atoms. The number of allylic oxidation sites excluding steroid dienone is 1. The molecule has 1 aliphatic heterocycles. The molecule has 1 amide bonds. The summed E-state index contributed by atoms with van der Waals surface area (Å²) in [6.07, 6.45) is 3.60. The van der Waals surface area contributed by atoms with E-state index < -0.39 is 17.3 Å². The first-order chi connectivity index (χ1) is 20.4. The molecule has 6 rings (SSSR count). The fraction of sp³-hybridized carbons (Fsp3) is 0.135. The van der Waals surface area contributed by atoms with Crippen LogP contribution < -0.4 is 5.01 Å². The first kappa shape index (κ1) is 27.0. The quantitative estimate of drug-likeness (QED) is 0.240. The normalized spacial score (nSPS) is 23.1. The van der Waals surface area contributed by atoms with Crippen LogP contribution in [0.1, 0.15) is 36.5 Å². The van der Waals surface area contributed by atoms with Crippen molar-refractivity contribution in [3.05, 3.63) is 149 Å². The molecule has 5 nitrogen and oxygen atoms in total. The maximum Gasteiger partial charge on any atom is 0.264 e. The molecule has 206 valence electrons. The molecule has 0 aromatic heterocycles. The summed E-state index contributed by atoms with van der Waals surface area (Å²) in [5.41, 5.74) is 2.84. The van der Waals surface area contributed by atoms with E-state index in [1.807, 2.05) is 134 Å². The molecule has 1 heterocycles. The third-order valence-electron chi connectivity index (χ3n) is 8.26. The maximum absolute atomic E-state index is 14.9. The molecular weight excluding hydrogens is 520 g/mol. The van der Waals surface area contributed by atoms with Crippen LogP contribution in [0.2, 0.25) is 0 Å². The Labute approximate surface area is 245 Å². The zero-order valence-electron chi connectivity index (χ0n) is 23.5. The zero-order chi connectivity index (χ0) is 29.3. The zero-order valence-corrected chi connectivity index (χ0v) is 23.5. The summed E-state index contributed by atoms with van der Waals surface area (Å²) in [5.74, 6) is -2.35. The standard InChI is InChI=1S/C37H30N2O3/c1-25(40)31(23-27-15-7-3-8-16-27)33-34(29-19-11-5-12-20-29)37(32(35(33)41)24-28-17-9-4-10-18-28)26(2)38-39(36(37)42)30-21-13-6-14-22-30/h3-24,33-34H,1-2H3/b31-23-,32-24-/t33-,34-,37-/m0/s1. The lowest BCUT2D eigenvalue weighted by Crippen LogP contribution is -2.43. The average molecular weight is 551 g/mol. The summed E-state index contributed by atoms with van der Waals surface area (Å²) in [4.78, 5) is 43.1. The third kappa shape index (κ3) is 4.44. The fourth-order valence-electron chi connectivity index (χ4n) is 6.40. The Kier molecular flexibility index (Phi) is 7.09. The second-order valence-corrected chi connectivity index (χ2v) is 10.7. The smallest absolute Gasteiger partial charge is 0.264 e. The van der Waals surface area contributed by atoms with E-state index in [9.17, 15) is 14.4 Å². The van der Waals surface area contributed by atoms with Gasteiger partial charge in [-0.15, -0.1) is 0 Å². The van der Waals surface area contributed by atoms with Crippen molar-refractivity contribution in [3.8, 4) is 0 Å². The summed E-state index contributed by atoms with van der Waals surface area (Å²) >= 11 is 0. The molecule has 0 unspecified atom stereocenters. The van der Waals surface area contributed by atoms with E-state index in [2.05, 4.69) is 0 Å². The van der Waals surface area contributed by atoms with Gasteiger partial charge < -0.3 is 0 Å². The van der Waals surface area contributed by atoms with Gasteiger partial charge in [-0.25, -0.2) is 0 Å². The Morgan fingerprint density at radius 2 is 1.29 bits per heavy atom. The first-order valence-corrected chi connectivity index (χ1v) is 14.0. The van der Waals surface area contributed by atoms with Crippen molar-refractivity contribution in [2.45, 2.75) is 19.8 Å². The molecule has 1 aliphatic carbocycles. The van der Waals surface area contributed by atoms with Crippen LogP contribution in [0.3, 0.4) is 0 Å². The Balaban J connectivity index is 1.66. The van der Waals surface area contributed by atoms with Crippen molar-refractivity contribution in [3.63, 3.8) is 0 Å². The lowest BCUT2D eigenvalue weighted by molar-refractivity contribution is -0.123. The van der Waals surface area contributed by atoms with Gasteiger partial charge in [0.1, 0.15) is 5.41 Å². The number of rotatable bonds is 6. The molecule has 2 aliphatic rings. The predicted octanol–water partition coefficient (Wildman–Crippen LogP) is 7.13. The number of carbonyl (C=O) groups excluding carboxylic acids is 3. The number of benzene rings is 4. The molecule has 0 saturated heterocycles. The molecule has 0 radical (unpaired) electrons. The Morgan fingerprint density at radius 1 is 0.762 bits per heavy atom. The third-order valence-corrected chi connectivity index (χ3v) is 8.26. The minimum Gasteiger partial charge on any atom is -0.295 e. The van der Waals surface area contributed by atoms with Crippen molar-refractivity contribution in [2.75, 3.05) is 5.01 Å². The topological polar surface area (TPSA) is 66.8 Å². The number of para-hydroxylation sites is 1. The van der Waals surface area contributed by atoms with Gasteiger partial charge >= 0.3 is 0 Å². The number of ketones is 2. The van der Waals surface area contributed by atoms with Crippen LogP contribution in [0.4, 0.5) is 5.69 Å². The van der Waals surface area contributed by atoms with E-state index in [1.54, 1.807) is 6.08 Å². The Hall–Kier alpha value is -5.16. The summed E-state index contributed by atoms with van der Waals surface area (Å²) in [7, 11) is 0. The van der Waals surface area contributed by atoms with Crippen LogP contribution in [0, 0.1) is 11.3 Å². The van der Waals surface area contributed by atoms with Gasteiger partial charge in [-0.1, -0.05) is 109 Å². The highest BCUT2D eigenvalue weighted by Gasteiger charge is 2.67. The fourth-order valence-corrected chi connectivity index (χ4v) is 6.40. The van der Waals surface area contributed by atoms with E-state index in [4.69, 9.17) is 5.10 Å². The van der Waals surface area contributed by atoms with Gasteiger partial charge in [0.2, 0.25) is 0 Å². The molecule has 0 bridgehead atoms. The highest BCUT2D eigenvalue weighted by Crippen LogP contribution is 2.60. The van der Waals surface area contributed by atoms with Crippen molar-refractivity contribution >= 4 is 41.0 Å². The van der Waals surface area contributed by atoms with Crippen LogP contribution in [0.25, 0.3) is 12.2 Å². The molecule has 5 heteroatoms. The van der Waals surface area contributed by atoms with E-state index in [-0.39, 0.29) is 17.5 Å². The van der Waals surface area contributed by atoms with Crippen LogP contribution in [-0.4, -0.2) is 23.2 Å². The molecule has 3 atom stereocenters. The number of Topliss-reactive ketones (excluding diaryl/α,β-unsaturated/α-hetero) is 2. The van der Waals surface area contributed by atoms with Gasteiger partial charge in [-0.05, 0) is 54.8 Å². The Morgan fingerprint density at radius 3 is 1.86 bits per heavy atom.